The summed E-state index contributed by atoms with van der Waals surface area (Å²) in [6, 6.07) is 2.49. The first-order chi connectivity index (χ1) is 15.6. The first kappa shape index (κ1) is 27.7. The monoisotopic (exact) mass is 518 g/mol. The van der Waals surface area contributed by atoms with Gasteiger partial charge in [-0.3, -0.25) is 19.6 Å². The van der Waals surface area contributed by atoms with Crippen molar-refractivity contribution in [1.82, 2.24) is 15.5 Å². The molecule has 1 aromatic carbocycles. The van der Waals surface area contributed by atoms with Crippen molar-refractivity contribution in [2.75, 3.05) is 44.8 Å². The quantitative estimate of drug-likeness (QED) is 0.240. The number of piperidine rings is 1. The van der Waals surface area contributed by atoms with Crippen LogP contribution in [0, 0.1) is 0 Å². The zero-order valence-electron chi connectivity index (χ0n) is 19.4. The highest BCUT2D eigenvalue weighted by Gasteiger charge is 2.47. The Morgan fingerprint density at radius 1 is 1.12 bits per heavy atom. The number of nitrogens with zero attached hydrogens (tertiary/aromatic N) is 1. The number of likely N-dealkylation sites (tertiary alicyclic amines) is 1. The molecular formula is C21H31ClN4O7S. The Morgan fingerprint density at radius 3 is 2.29 bits per heavy atom. The zero-order valence-corrected chi connectivity index (χ0v) is 21.1. The van der Waals surface area contributed by atoms with Gasteiger partial charge in [-0.05, 0) is 38.3 Å². The molecule has 3 N–H and O–H groups in total. The smallest absolute Gasteiger partial charge is 0.322 e. The summed E-state index contributed by atoms with van der Waals surface area (Å²) in [7, 11) is -0.718. The number of amides is 3. The molecule has 0 radical (unpaired) electrons. The molecule has 11 nitrogen and oxygen atoms in total. The maximum Gasteiger partial charge on any atom is 0.322 e. The molecular weight excluding hydrogens is 488 g/mol. The third-order valence-electron chi connectivity index (χ3n) is 5.97. The molecule has 13 heteroatoms. The molecule has 3 amide bonds. The number of rotatable bonds is 10. The average molecular weight is 519 g/mol. The van der Waals surface area contributed by atoms with Crippen LogP contribution in [-0.2, 0) is 14.8 Å². The number of ketones is 1. The fourth-order valence-electron chi connectivity index (χ4n) is 4.19. The Labute approximate surface area is 205 Å². The van der Waals surface area contributed by atoms with Gasteiger partial charge in [0.15, 0.2) is 5.78 Å². The van der Waals surface area contributed by atoms with Crippen molar-refractivity contribution < 1.29 is 32.3 Å². The van der Waals surface area contributed by atoms with Gasteiger partial charge in [-0.1, -0.05) is 0 Å². The van der Waals surface area contributed by atoms with Crippen LogP contribution in [0.5, 0.6) is 11.5 Å². The summed E-state index contributed by atoms with van der Waals surface area (Å²) in [5.41, 5.74) is -0.326. The second kappa shape index (κ2) is 11.2. The van der Waals surface area contributed by atoms with Gasteiger partial charge in [-0.15, -0.1) is 12.4 Å². The number of benzene rings is 1. The highest BCUT2D eigenvalue weighted by Crippen LogP contribution is 2.34. The van der Waals surface area contributed by atoms with Crippen LogP contribution in [0.1, 0.15) is 42.5 Å². The van der Waals surface area contributed by atoms with Gasteiger partial charge in [-0.25, -0.2) is 13.2 Å². The standard InChI is InChI=1S/C21H30N4O7S.ClH/c1-31-17-13-18(32-2)15(24-33(3,29)30)12-14(17)16(26)6-4-5-9-25-10-7-21(8-11-25)19(27)22-20(28)23-21;/h12-13,24H,4-11H2,1-3H3,(H2,22,23,27,28);1H. The summed E-state index contributed by atoms with van der Waals surface area (Å²) in [6.07, 6.45) is 3.84. The number of methoxy groups -OCH3 is 2. The second-order valence-electron chi connectivity index (χ2n) is 8.34. The van der Waals surface area contributed by atoms with Crippen molar-refractivity contribution in [2.24, 2.45) is 0 Å². The third-order valence-corrected chi connectivity index (χ3v) is 6.56. The molecule has 2 saturated heterocycles. The van der Waals surface area contributed by atoms with Crippen molar-refractivity contribution in [3.63, 3.8) is 0 Å². The van der Waals surface area contributed by atoms with E-state index in [0.29, 0.717) is 38.1 Å². The van der Waals surface area contributed by atoms with E-state index in [0.717, 1.165) is 19.2 Å². The van der Waals surface area contributed by atoms with Crippen LogP contribution in [-0.4, -0.2) is 76.7 Å². The van der Waals surface area contributed by atoms with Crippen LogP contribution in [0.15, 0.2) is 12.1 Å². The van der Waals surface area contributed by atoms with Crippen LogP contribution in [0.4, 0.5) is 10.5 Å². The van der Waals surface area contributed by atoms with Gasteiger partial charge in [0.25, 0.3) is 5.91 Å². The van der Waals surface area contributed by atoms with E-state index in [2.05, 4.69) is 20.3 Å². The summed E-state index contributed by atoms with van der Waals surface area (Å²) >= 11 is 0. The zero-order chi connectivity index (χ0) is 24.2. The van der Waals surface area contributed by atoms with Crippen LogP contribution in [0.2, 0.25) is 0 Å². The van der Waals surface area contributed by atoms with E-state index in [1.54, 1.807) is 0 Å². The minimum absolute atomic E-state index is 0. The van der Waals surface area contributed by atoms with Crippen LogP contribution >= 0.6 is 12.4 Å². The molecule has 0 atom stereocenters. The number of sulfonamides is 1. The number of unbranched alkanes of at least 4 members (excludes halogenated alkanes) is 1. The van der Waals surface area contributed by atoms with Gasteiger partial charge in [0, 0.05) is 25.6 Å². The summed E-state index contributed by atoms with van der Waals surface area (Å²) in [5, 5.41) is 5.05. The average Bonchev–Trinajstić information content (AvgIpc) is 3.03. The molecule has 1 spiro atoms. The van der Waals surface area contributed by atoms with Crippen molar-refractivity contribution in [3.8, 4) is 11.5 Å². The fourth-order valence-corrected chi connectivity index (χ4v) is 4.75. The molecule has 0 aromatic heterocycles. The molecule has 0 bridgehead atoms. The number of urea groups is 1. The Morgan fingerprint density at radius 2 is 1.76 bits per heavy atom. The Bertz CT molecular complexity index is 1040. The molecule has 2 fully saturated rings. The number of nitrogens with one attached hydrogen (secondary N) is 3. The van der Waals surface area contributed by atoms with Crippen molar-refractivity contribution >= 4 is 45.8 Å². The van der Waals surface area contributed by atoms with E-state index in [1.807, 2.05) is 0 Å². The Balaban J connectivity index is 0.00000408. The highest BCUT2D eigenvalue weighted by atomic mass is 35.5. The number of anilines is 1. The van der Waals surface area contributed by atoms with Gasteiger partial charge < -0.3 is 19.7 Å². The number of halogens is 1. The van der Waals surface area contributed by atoms with Gasteiger partial charge >= 0.3 is 6.03 Å². The number of Topliss-reactive ketones (excluding diaryl/α,β-unsaturated/α-hetero) is 1. The number of imide groups is 1. The van der Waals surface area contributed by atoms with Crippen molar-refractivity contribution in [1.29, 1.82) is 0 Å². The Kier molecular flexibility index (Phi) is 9.15. The van der Waals surface area contributed by atoms with Gasteiger partial charge in [0.05, 0.1) is 31.7 Å². The molecule has 34 heavy (non-hydrogen) atoms. The summed E-state index contributed by atoms with van der Waals surface area (Å²) < 4.78 is 36.2. The van der Waals surface area contributed by atoms with E-state index in [4.69, 9.17) is 9.47 Å². The van der Waals surface area contributed by atoms with E-state index in [-0.39, 0.29) is 47.5 Å². The van der Waals surface area contributed by atoms with E-state index in [1.165, 1.54) is 26.4 Å². The van der Waals surface area contributed by atoms with Crippen molar-refractivity contribution in [3.05, 3.63) is 17.7 Å². The van der Waals surface area contributed by atoms with Crippen LogP contribution in [0.25, 0.3) is 0 Å². The van der Waals surface area contributed by atoms with E-state index < -0.39 is 21.6 Å². The van der Waals surface area contributed by atoms with Crippen LogP contribution < -0.4 is 24.8 Å². The lowest BCUT2D eigenvalue weighted by Gasteiger charge is -2.36. The number of ether oxygens (including phenoxy) is 2. The summed E-state index contributed by atoms with van der Waals surface area (Å²) in [5.74, 6) is 0.155. The van der Waals surface area contributed by atoms with Crippen LogP contribution in [0.3, 0.4) is 0 Å². The van der Waals surface area contributed by atoms with Gasteiger partial charge in [-0.2, -0.15) is 0 Å². The van der Waals surface area contributed by atoms with Gasteiger partial charge in [0.1, 0.15) is 17.0 Å². The summed E-state index contributed by atoms with van der Waals surface area (Å²) in [6.45, 7) is 2.16. The van der Waals surface area contributed by atoms with E-state index >= 15 is 0 Å². The number of hydrogen-bond acceptors (Lipinski definition) is 8. The second-order valence-corrected chi connectivity index (χ2v) is 10.1. The molecule has 3 rings (SSSR count). The Hall–Kier alpha value is -2.57. The van der Waals surface area contributed by atoms with Crippen molar-refractivity contribution in [2.45, 2.75) is 37.6 Å². The predicted molar refractivity (Wildman–Crippen MR) is 129 cm³/mol. The highest BCUT2D eigenvalue weighted by molar-refractivity contribution is 7.92. The van der Waals surface area contributed by atoms with E-state index in [9.17, 15) is 22.8 Å². The predicted octanol–water partition coefficient (Wildman–Crippen LogP) is 1.52. The normalized spacial score (nSPS) is 17.5. The first-order valence-electron chi connectivity index (χ1n) is 10.7. The lowest BCUT2D eigenvalue weighted by atomic mass is 9.87. The lowest BCUT2D eigenvalue weighted by molar-refractivity contribution is -0.125. The number of hydrogen-bond donors (Lipinski definition) is 3. The molecule has 0 aliphatic carbocycles. The lowest BCUT2D eigenvalue weighted by Crippen LogP contribution is -2.54. The molecule has 2 aliphatic heterocycles. The molecule has 0 unspecified atom stereocenters. The minimum atomic E-state index is -3.56. The first-order valence-corrected chi connectivity index (χ1v) is 12.6. The molecule has 190 valence electrons. The third kappa shape index (κ3) is 6.51. The SMILES string of the molecule is COc1cc(OC)c(C(=O)CCCCN2CCC3(CC2)NC(=O)NC3=O)cc1NS(C)(=O)=O.Cl. The largest absolute Gasteiger partial charge is 0.496 e. The molecule has 2 aliphatic rings. The topological polar surface area (TPSA) is 143 Å². The van der Waals surface area contributed by atoms with Gasteiger partial charge in [0.2, 0.25) is 10.0 Å². The molecule has 2 heterocycles. The maximum atomic E-state index is 12.8. The maximum absolute atomic E-state index is 12.8. The molecule has 0 saturated carbocycles. The number of carbonyl (C=O) groups is 3. The number of carbonyl (C=O) groups excluding carboxylic acids is 3. The fraction of sp³-hybridized carbons (Fsp3) is 0.571. The minimum Gasteiger partial charge on any atom is -0.496 e. The molecule has 1 aromatic rings. The summed E-state index contributed by atoms with van der Waals surface area (Å²) in [4.78, 5) is 38.5.